The maximum absolute atomic E-state index is 14.4. The Kier molecular flexibility index (Phi) is 7.87. The van der Waals surface area contributed by atoms with Crippen molar-refractivity contribution in [1.82, 2.24) is 0 Å². The smallest absolute Gasteiger partial charge is 0.306 e. The first-order valence-electron chi connectivity index (χ1n) is 10.0. The van der Waals surface area contributed by atoms with Crippen LogP contribution in [-0.2, 0) is 22.6 Å². The topological polar surface area (TPSA) is 54.0 Å². The number of rotatable bonds is 10. The molecule has 0 saturated carbocycles. The average Bonchev–Trinajstić information content (AvgIpc) is 2.78. The fourth-order valence-corrected chi connectivity index (χ4v) is 2.97. The molecule has 0 saturated heterocycles. The quantitative estimate of drug-likeness (QED) is 0.391. The van der Waals surface area contributed by atoms with Gasteiger partial charge in [-0.3, -0.25) is 4.79 Å². The molecule has 0 spiro atoms. The predicted molar refractivity (Wildman–Crippen MR) is 115 cm³/mol. The number of methoxy groups -OCH3 is 1. The van der Waals surface area contributed by atoms with E-state index >= 15 is 0 Å². The van der Waals surface area contributed by atoms with Gasteiger partial charge in [-0.2, -0.15) is 0 Å². The van der Waals surface area contributed by atoms with E-state index in [0.29, 0.717) is 35.8 Å². The lowest BCUT2D eigenvalue weighted by atomic mass is 10.1. The molecular formula is C25H25FO5. The molecule has 0 heterocycles. The van der Waals surface area contributed by atoms with Gasteiger partial charge in [0.05, 0.1) is 13.7 Å². The third kappa shape index (κ3) is 6.74. The second kappa shape index (κ2) is 11.0. The number of aryl methyl sites for hydroxylation is 1. The number of halogens is 1. The van der Waals surface area contributed by atoms with Crippen LogP contribution < -0.4 is 14.2 Å². The van der Waals surface area contributed by atoms with Crippen LogP contribution >= 0.6 is 0 Å². The molecule has 3 aromatic rings. The summed E-state index contributed by atoms with van der Waals surface area (Å²) in [4.78, 5) is 11.5. The third-order valence-corrected chi connectivity index (χ3v) is 4.47. The van der Waals surface area contributed by atoms with Gasteiger partial charge in [-0.05, 0) is 60.9 Å². The molecule has 5 nitrogen and oxygen atoms in total. The molecule has 6 heteroatoms. The minimum absolute atomic E-state index is 0.133. The highest BCUT2D eigenvalue weighted by atomic mass is 19.1. The highest BCUT2D eigenvalue weighted by Gasteiger charge is 2.10. The normalized spacial score (nSPS) is 10.4. The number of esters is 1. The Labute approximate surface area is 181 Å². The van der Waals surface area contributed by atoms with Gasteiger partial charge < -0.3 is 18.9 Å². The second-order valence-electron chi connectivity index (χ2n) is 6.79. The molecule has 3 rings (SSSR count). The van der Waals surface area contributed by atoms with Gasteiger partial charge in [0, 0.05) is 12.5 Å². The van der Waals surface area contributed by atoms with E-state index in [1.165, 1.54) is 6.07 Å². The van der Waals surface area contributed by atoms with E-state index in [4.69, 9.17) is 18.9 Å². The van der Waals surface area contributed by atoms with Crippen LogP contribution in [0.2, 0.25) is 0 Å². The first-order valence-corrected chi connectivity index (χ1v) is 10.0. The fraction of sp³-hybridized carbons (Fsp3) is 0.240. The highest BCUT2D eigenvalue weighted by Crippen LogP contribution is 2.28. The molecule has 0 atom stereocenters. The van der Waals surface area contributed by atoms with Crippen molar-refractivity contribution in [3.63, 3.8) is 0 Å². The zero-order chi connectivity index (χ0) is 22.1. The lowest BCUT2D eigenvalue weighted by molar-refractivity contribution is -0.143. The molecular weight excluding hydrogens is 399 g/mol. The Morgan fingerprint density at radius 2 is 1.68 bits per heavy atom. The van der Waals surface area contributed by atoms with Gasteiger partial charge in [0.2, 0.25) is 0 Å². The Bertz CT molecular complexity index is 1000. The van der Waals surface area contributed by atoms with E-state index in [2.05, 4.69) is 0 Å². The van der Waals surface area contributed by atoms with Gasteiger partial charge in [-0.25, -0.2) is 4.39 Å². The summed E-state index contributed by atoms with van der Waals surface area (Å²) in [6.07, 6.45) is 0.619. The summed E-state index contributed by atoms with van der Waals surface area (Å²) in [5.74, 6) is 1.26. The minimum Gasteiger partial charge on any atom is -0.497 e. The lowest BCUT2D eigenvalue weighted by Crippen LogP contribution is -2.05. The SMILES string of the molecule is CCOC(=O)CCc1ccc(OCc2cc(OC)cc(Oc3ccccc3)c2)c(F)c1. The molecule has 0 radical (unpaired) electrons. The Morgan fingerprint density at radius 3 is 2.39 bits per heavy atom. The average molecular weight is 424 g/mol. The summed E-state index contributed by atoms with van der Waals surface area (Å²) in [6, 6.07) is 19.5. The van der Waals surface area contributed by atoms with Crippen LogP contribution in [0.3, 0.4) is 0 Å². The summed E-state index contributed by atoms with van der Waals surface area (Å²) >= 11 is 0. The molecule has 0 fully saturated rings. The lowest BCUT2D eigenvalue weighted by Gasteiger charge is -2.12. The number of ether oxygens (including phenoxy) is 4. The molecule has 0 aliphatic carbocycles. The van der Waals surface area contributed by atoms with Gasteiger partial charge in [0.1, 0.15) is 23.9 Å². The Balaban J connectivity index is 1.64. The largest absolute Gasteiger partial charge is 0.497 e. The number of carbonyl (C=O) groups excluding carboxylic acids is 1. The van der Waals surface area contributed by atoms with Crippen molar-refractivity contribution in [1.29, 1.82) is 0 Å². The van der Waals surface area contributed by atoms with Crippen LogP contribution in [0.15, 0.2) is 66.7 Å². The van der Waals surface area contributed by atoms with Gasteiger partial charge >= 0.3 is 5.97 Å². The third-order valence-electron chi connectivity index (χ3n) is 4.47. The van der Waals surface area contributed by atoms with Gasteiger partial charge in [-0.1, -0.05) is 24.3 Å². The van der Waals surface area contributed by atoms with Crippen LogP contribution in [0.25, 0.3) is 0 Å². The molecule has 0 aliphatic rings. The van der Waals surface area contributed by atoms with E-state index < -0.39 is 5.82 Å². The van der Waals surface area contributed by atoms with Crippen molar-refractivity contribution in [2.75, 3.05) is 13.7 Å². The molecule has 0 N–H and O–H groups in total. The first-order chi connectivity index (χ1) is 15.1. The standard InChI is InChI=1S/C25H25FO5/c1-3-29-25(27)12-10-18-9-11-24(23(26)15-18)30-17-19-13-21(28-2)16-22(14-19)31-20-7-5-4-6-8-20/h4-9,11,13-16H,3,10,12,17H2,1-2H3. The minimum atomic E-state index is -0.481. The Hall–Kier alpha value is -3.54. The van der Waals surface area contributed by atoms with Crippen molar-refractivity contribution >= 4 is 5.97 Å². The number of carbonyl (C=O) groups is 1. The number of benzene rings is 3. The number of para-hydroxylation sites is 1. The van der Waals surface area contributed by atoms with Gasteiger partial charge in [0.25, 0.3) is 0 Å². The fourth-order valence-electron chi connectivity index (χ4n) is 2.97. The van der Waals surface area contributed by atoms with Crippen molar-refractivity contribution < 1.29 is 28.1 Å². The van der Waals surface area contributed by atoms with E-state index in [0.717, 1.165) is 5.56 Å². The van der Waals surface area contributed by atoms with Crippen molar-refractivity contribution in [2.45, 2.75) is 26.4 Å². The Morgan fingerprint density at radius 1 is 0.903 bits per heavy atom. The maximum Gasteiger partial charge on any atom is 0.306 e. The summed E-state index contributed by atoms with van der Waals surface area (Å²) in [6.45, 7) is 2.23. The van der Waals surface area contributed by atoms with E-state index in [-0.39, 0.29) is 24.7 Å². The summed E-state index contributed by atoms with van der Waals surface area (Å²) in [5, 5.41) is 0. The van der Waals surface area contributed by atoms with E-state index in [9.17, 15) is 9.18 Å². The zero-order valence-electron chi connectivity index (χ0n) is 17.6. The zero-order valence-corrected chi connectivity index (χ0v) is 17.6. The molecule has 0 bridgehead atoms. The van der Waals surface area contributed by atoms with E-state index in [1.54, 1.807) is 32.2 Å². The molecule has 0 unspecified atom stereocenters. The highest BCUT2D eigenvalue weighted by molar-refractivity contribution is 5.69. The van der Waals surface area contributed by atoms with Crippen LogP contribution in [0.1, 0.15) is 24.5 Å². The molecule has 0 amide bonds. The van der Waals surface area contributed by atoms with Crippen LogP contribution in [0.5, 0.6) is 23.0 Å². The second-order valence-corrected chi connectivity index (χ2v) is 6.79. The van der Waals surface area contributed by atoms with E-state index in [1.807, 2.05) is 42.5 Å². The number of hydrogen-bond donors (Lipinski definition) is 0. The molecule has 3 aromatic carbocycles. The molecule has 162 valence electrons. The van der Waals surface area contributed by atoms with Crippen molar-refractivity contribution in [2.24, 2.45) is 0 Å². The van der Waals surface area contributed by atoms with Gasteiger partial charge in [-0.15, -0.1) is 0 Å². The number of hydrogen-bond acceptors (Lipinski definition) is 5. The van der Waals surface area contributed by atoms with Crippen LogP contribution in [-0.4, -0.2) is 19.7 Å². The maximum atomic E-state index is 14.4. The van der Waals surface area contributed by atoms with Crippen molar-refractivity contribution in [3.8, 4) is 23.0 Å². The monoisotopic (exact) mass is 424 g/mol. The first kappa shape index (κ1) is 22.2. The van der Waals surface area contributed by atoms with Crippen molar-refractivity contribution in [3.05, 3.63) is 83.7 Å². The molecule has 0 aliphatic heterocycles. The van der Waals surface area contributed by atoms with Crippen LogP contribution in [0, 0.1) is 5.82 Å². The van der Waals surface area contributed by atoms with Crippen LogP contribution in [0.4, 0.5) is 4.39 Å². The molecule has 0 aromatic heterocycles. The molecule has 31 heavy (non-hydrogen) atoms. The summed E-state index contributed by atoms with van der Waals surface area (Å²) in [5.41, 5.74) is 1.48. The summed E-state index contributed by atoms with van der Waals surface area (Å²) < 4.78 is 36.2. The predicted octanol–water partition coefficient (Wildman–Crippen LogP) is 5.70. The van der Waals surface area contributed by atoms with Gasteiger partial charge in [0.15, 0.2) is 11.6 Å². The summed E-state index contributed by atoms with van der Waals surface area (Å²) in [7, 11) is 1.57.